The van der Waals surface area contributed by atoms with Crippen molar-refractivity contribution in [2.75, 3.05) is 20.2 Å². The van der Waals surface area contributed by atoms with E-state index in [0.717, 1.165) is 12.8 Å². The summed E-state index contributed by atoms with van der Waals surface area (Å²) in [6.07, 6.45) is 2.75. The Bertz CT molecular complexity index is 463. The fourth-order valence-corrected chi connectivity index (χ4v) is 2.21. The number of hydrogen-bond acceptors (Lipinski definition) is 3. The number of rotatable bonds is 7. The first-order valence-corrected chi connectivity index (χ1v) is 7.32. The summed E-state index contributed by atoms with van der Waals surface area (Å²) in [7, 11) is 1.78. The molecule has 1 atom stereocenters. The van der Waals surface area contributed by atoms with Gasteiger partial charge in [-0.25, -0.2) is 0 Å². The fraction of sp³-hybridized carbons (Fsp3) is 0.533. The highest BCUT2D eigenvalue weighted by Crippen LogP contribution is 2.32. The largest absolute Gasteiger partial charge is 0.492 e. The van der Waals surface area contributed by atoms with E-state index in [1.807, 2.05) is 12.1 Å². The van der Waals surface area contributed by atoms with Gasteiger partial charge in [0.25, 0.3) is 0 Å². The molecule has 4 nitrogen and oxygen atoms in total. The Morgan fingerprint density at radius 3 is 2.95 bits per heavy atom. The molecule has 20 heavy (non-hydrogen) atoms. The second kappa shape index (κ2) is 6.95. The number of likely N-dealkylation sites (N-methyl/N-ethyl adjacent to an activating group) is 1. The van der Waals surface area contributed by atoms with Crippen LogP contribution in [0.4, 0.5) is 0 Å². The Hall–Kier alpha value is -1.26. The number of ether oxygens (including phenoxy) is 1. The highest BCUT2D eigenvalue weighted by Gasteiger charge is 2.30. The zero-order valence-electron chi connectivity index (χ0n) is 11.7. The number of nitrogens with zero attached hydrogens (tertiary/aromatic N) is 1. The predicted octanol–water partition coefficient (Wildman–Crippen LogP) is 2.30. The van der Waals surface area contributed by atoms with Crippen LogP contribution in [0.2, 0.25) is 5.02 Å². The molecule has 1 fully saturated rings. The Balaban J connectivity index is 1.68. The lowest BCUT2D eigenvalue weighted by Gasteiger charge is -2.19. The number of carbonyl (C=O) groups is 1. The summed E-state index contributed by atoms with van der Waals surface area (Å²) in [5, 5.41) is 0.641. The van der Waals surface area contributed by atoms with Crippen LogP contribution in [0.1, 0.15) is 19.3 Å². The normalized spacial score (nSPS) is 15.8. The third kappa shape index (κ3) is 4.69. The van der Waals surface area contributed by atoms with Crippen LogP contribution in [-0.2, 0) is 4.79 Å². The number of carbonyl (C=O) groups excluding carboxylic acids is 1. The zero-order chi connectivity index (χ0) is 14.5. The van der Waals surface area contributed by atoms with Gasteiger partial charge in [-0.3, -0.25) is 4.79 Å². The minimum Gasteiger partial charge on any atom is -0.492 e. The smallest absolute Gasteiger partial charge is 0.223 e. The third-order valence-electron chi connectivity index (χ3n) is 3.56. The van der Waals surface area contributed by atoms with Crippen molar-refractivity contribution in [1.29, 1.82) is 0 Å². The van der Waals surface area contributed by atoms with Crippen LogP contribution < -0.4 is 10.5 Å². The van der Waals surface area contributed by atoms with E-state index in [0.29, 0.717) is 36.3 Å². The van der Waals surface area contributed by atoms with E-state index < -0.39 is 0 Å². The van der Waals surface area contributed by atoms with E-state index in [4.69, 9.17) is 22.1 Å². The molecule has 1 amide bonds. The van der Waals surface area contributed by atoms with E-state index in [-0.39, 0.29) is 11.9 Å². The van der Waals surface area contributed by atoms with Crippen LogP contribution in [0.15, 0.2) is 24.3 Å². The van der Waals surface area contributed by atoms with Gasteiger partial charge in [-0.15, -0.1) is 0 Å². The standard InChI is InChI=1S/C15H21ClN2O2/c1-18(15(19)10-14(17)11-5-6-11)7-8-20-13-4-2-3-12(16)9-13/h2-4,9,11,14H,5-8,10,17H2,1H3. The van der Waals surface area contributed by atoms with Crippen molar-refractivity contribution >= 4 is 17.5 Å². The molecule has 2 N–H and O–H groups in total. The highest BCUT2D eigenvalue weighted by molar-refractivity contribution is 6.30. The van der Waals surface area contributed by atoms with Gasteiger partial charge >= 0.3 is 0 Å². The molecule has 2 rings (SSSR count). The highest BCUT2D eigenvalue weighted by atomic mass is 35.5. The molecule has 0 heterocycles. The Morgan fingerprint density at radius 1 is 1.55 bits per heavy atom. The summed E-state index contributed by atoms with van der Waals surface area (Å²) in [4.78, 5) is 13.6. The molecule has 1 aromatic carbocycles. The lowest BCUT2D eigenvalue weighted by Crippen LogP contribution is -2.36. The number of amides is 1. The van der Waals surface area contributed by atoms with Crippen molar-refractivity contribution < 1.29 is 9.53 Å². The number of hydrogen-bond donors (Lipinski definition) is 1. The average molecular weight is 297 g/mol. The molecule has 5 heteroatoms. The van der Waals surface area contributed by atoms with Gasteiger partial charge < -0.3 is 15.4 Å². The van der Waals surface area contributed by atoms with Gasteiger partial charge in [-0.05, 0) is 37.0 Å². The van der Waals surface area contributed by atoms with Crippen molar-refractivity contribution in [2.45, 2.75) is 25.3 Å². The molecule has 110 valence electrons. The van der Waals surface area contributed by atoms with Crippen molar-refractivity contribution in [3.8, 4) is 5.75 Å². The summed E-state index contributed by atoms with van der Waals surface area (Å²) >= 11 is 5.87. The van der Waals surface area contributed by atoms with Crippen LogP contribution in [0.3, 0.4) is 0 Å². The Labute approximate surface area is 124 Å². The van der Waals surface area contributed by atoms with Crippen molar-refractivity contribution in [3.63, 3.8) is 0 Å². The Morgan fingerprint density at radius 2 is 2.30 bits per heavy atom. The molecule has 0 radical (unpaired) electrons. The maximum atomic E-state index is 12.0. The summed E-state index contributed by atoms with van der Waals surface area (Å²) < 4.78 is 5.56. The minimum atomic E-state index is 0.0128. The van der Waals surface area contributed by atoms with Gasteiger partial charge in [0, 0.05) is 24.5 Å². The molecule has 0 aliphatic heterocycles. The van der Waals surface area contributed by atoms with E-state index >= 15 is 0 Å². The van der Waals surface area contributed by atoms with Crippen molar-refractivity contribution in [1.82, 2.24) is 4.90 Å². The van der Waals surface area contributed by atoms with Crippen LogP contribution in [0.5, 0.6) is 5.75 Å². The number of benzene rings is 1. The molecule has 1 aliphatic rings. The second-order valence-electron chi connectivity index (χ2n) is 5.33. The average Bonchev–Trinajstić information content (AvgIpc) is 3.22. The summed E-state index contributed by atoms with van der Waals surface area (Å²) in [6, 6.07) is 7.24. The molecule has 0 bridgehead atoms. The SMILES string of the molecule is CN(CCOc1cccc(Cl)c1)C(=O)CC(N)C1CC1. The predicted molar refractivity (Wildman–Crippen MR) is 79.9 cm³/mol. The maximum absolute atomic E-state index is 12.0. The van der Waals surface area contributed by atoms with Crippen LogP contribution in [-0.4, -0.2) is 37.0 Å². The van der Waals surface area contributed by atoms with E-state index in [2.05, 4.69) is 0 Å². The van der Waals surface area contributed by atoms with Gasteiger partial charge in [0.05, 0.1) is 6.54 Å². The fourth-order valence-electron chi connectivity index (χ4n) is 2.03. The zero-order valence-corrected chi connectivity index (χ0v) is 12.5. The lowest BCUT2D eigenvalue weighted by molar-refractivity contribution is -0.130. The number of halogens is 1. The lowest BCUT2D eigenvalue weighted by atomic mass is 10.1. The van der Waals surface area contributed by atoms with Gasteiger partial charge in [0.2, 0.25) is 5.91 Å². The molecule has 1 aliphatic carbocycles. The molecule has 1 aromatic rings. The quantitative estimate of drug-likeness (QED) is 0.840. The topological polar surface area (TPSA) is 55.6 Å². The van der Waals surface area contributed by atoms with E-state index in [1.54, 1.807) is 24.1 Å². The molecule has 1 unspecified atom stereocenters. The minimum absolute atomic E-state index is 0.0128. The van der Waals surface area contributed by atoms with Crippen LogP contribution in [0.25, 0.3) is 0 Å². The molecule has 1 saturated carbocycles. The first-order chi connectivity index (χ1) is 9.56. The van der Waals surface area contributed by atoms with Crippen LogP contribution >= 0.6 is 11.6 Å². The second-order valence-corrected chi connectivity index (χ2v) is 5.76. The Kier molecular flexibility index (Phi) is 5.26. The summed E-state index contributed by atoms with van der Waals surface area (Å²) in [5.41, 5.74) is 5.96. The number of nitrogens with two attached hydrogens (primary N) is 1. The molecule has 0 aromatic heterocycles. The monoisotopic (exact) mass is 296 g/mol. The van der Waals surface area contributed by atoms with Gasteiger partial charge in [-0.1, -0.05) is 17.7 Å². The molecular formula is C15H21ClN2O2. The maximum Gasteiger partial charge on any atom is 0.223 e. The summed E-state index contributed by atoms with van der Waals surface area (Å²) in [5.74, 6) is 1.35. The van der Waals surface area contributed by atoms with Crippen molar-refractivity contribution in [3.05, 3.63) is 29.3 Å². The molecule has 0 saturated heterocycles. The van der Waals surface area contributed by atoms with E-state index in [1.165, 1.54) is 0 Å². The van der Waals surface area contributed by atoms with Gasteiger partial charge in [0.1, 0.15) is 12.4 Å². The van der Waals surface area contributed by atoms with Gasteiger partial charge in [-0.2, -0.15) is 0 Å². The van der Waals surface area contributed by atoms with Crippen molar-refractivity contribution in [2.24, 2.45) is 11.7 Å². The molecule has 0 spiro atoms. The van der Waals surface area contributed by atoms with Crippen LogP contribution in [0, 0.1) is 5.92 Å². The third-order valence-corrected chi connectivity index (χ3v) is 3.79. The first-order valence-electron chi connectivity index (χ1n) is 6.94. The molecular weight excluding hydrogens is 276 g/mol. The van der Waals surface area contributed by atoms with Gasteiger partial charge in [0.15, 0.2) is 0 Å². The summed E-state index contributed by atoms with van der Waals surface area (Å²) in [6.45, 7) is 0.990. The first kappa shape index (κ1) is 15.1. The van der Waals surface area contributed by atoms with E-state index in [9.17, 15) is 4.79 Å².